The van der Waals surface area contributed by atoms with Crippen LogP contribution < -0.4 is 0 Å². The predicted octanol–water partition coefficient (Wildman–Crippen LogP) is 6.58. The molecule has 2 unspecified atom stereocenters. The van der Waals surface area contributed by atoms with Gasteiger partial charge in [-0.1, -0.05) is 41.8 Å². The molecule has 1 aliphatic heterocycles. The second-order valence-corrected chi connectivity index (χ2v) is 12.5. The summed E-state index contributed by atoms with van der Waals surface area (Å²) < 4.78 is 28.9. The van der Waals surface area contributed by atoms with Gasteiger partial charge < -0.3 is 4.90 Å². The Morgan fingerprint density at radius 1 is 1.17 bits per heavy atom. The molecule has 0 radical (unpaired) electrons. The van der Waals surface area contributed by atoms with Crippen molar-refractivity contribution < 1.29 is 13.2 Å². The number of amides is 1. The average molecular weight is 611 g/mol. The van der Waals surface area contributed by atoms with E-state index in [-0.39, 0.29) is 22.4 Å². The molecule has 1 aliphatic rings. The molecule has 2 aromatic carbocycles. The monoisotopic (exact) mass is 609 g/mol. The molecule has 3 aromatic rings. The topological polar surface area (TPSA) is 70.6 Å². The van der Waals surface area contributed by atoms with Crippen molar-refractivity contribution in [3.8, 4) is 0 Å². The van der Waals surface area contributed by atoms with Crippen LogP contribution in [0.3, 0.4) is 0 Å². The van der Waals surface area contributed by atoms with Gasteiger partial charge in [0.2, 0.25) is 10.0 Å². The summed E-state index contributed by atoms with van der Waals surface area (Å²) in [4.78, 5) is 19.7. The Morgan fingerprint density at radius 2 is 1.94 bits per heavy atom. The van der Waals surface area contributed by atoms with Crippen LogP contribution in [0.25, 0.3) is 0 Å². The summed E-state index contributed by atoms with van der Waals surface area (Å²) in [5.74, 6) is -0.370. The van der Waals surface area contributed by atoms with E-state index in [1.807, 2.05) is 13.0 Å². The second-order valence-electron chi connectivity index (χ2n) is 8.87. The number of carbonyl (C=O) groups excluding carboxylic acids is 1. The number of aromatic nitrogens is 1. The fraction of sp³-hybridized carbons (Fsp3) is 0.308. The lowest BCUT2D eigenvalue weighted by atomic mass is 9.98. The van der Waals surface area contributed by atoms with E-state index >= 15 is 0 Å². The largest absolute Gasteiger partial charge is 0.330 e. The third kappa shape index (κ3) is 5.48. The number of hydrogen-bond donors (Lipinski definition) is 0. The van der Waals surface area contributed by atoms with E-state index in [2.05, 4.69) is 20.9 Å². The van der Waals surface area contributed by atoms with Gasteiger partial charge in [0.25, 0.3) is 5.91 Å². The molecule has 1 saturated heterocycles. The number of pyridine rings is 1. The summed E-state index contributed by atoms with van der Waals surface area (Å²) in [6, 6.07) is 12.7. The van der Waals surface area contributed by atoms with E-state index in [1.54, 1.807) is 49.8 Å². The smallest absolute Gasteiger partial charge is 0.255 e. The lowest BCUT2D eigenvalue weighted by Crippen LogP contribution is -2.42. The number of nitrogens with zero attached hydrogens (tertiary/aromatic N) is 3. The number of carbonyl (C=O) groups is 1. The Labute approximate surface area is 230 Å². The highest BCUT2D eigenvalue weighted by Gasteiger charge is 2.33. The van der Waals surface area contributed by atoms with Gasteiger partial charge in [0.05, 0.1) is 16.5 Å². The van der Waals surface area contributed by atoms with E-state index in [0.29, 0.717) is 26.6 Å². The summed E-state index contributed by atoms with van der Waals surface area (Å²) in [6.45, 7) is 2.39. The van der Waals surface area contributed by atoms with Gasteiger partial charge in [-0.25, -0.2) is 8.42 Å². The van der Waals surface area contributed by atoms with Crippen molar-refractivity contribution in [2.24, 2.45) is 0 Å². The zero-order chi connectivity index (χ0) is 26.0. The SMILES string of the molecule is CC1CCCCN1S(=O)(=O)c1ccc(Br)c(C(=O)N(C)C(c2cccnc2)c2ccc(Cl)cc2Cl)c1. The molecule has 0 aliphatic carbocycles. The maximum atomic E-state index is 13.8. The molecule has 2 heterocycles. The minimum absolute atomic E-state index is 0.0868. The number of hydrogen-bond acceptors (Lipinski definition) is 4. The fourth-order valence-corrected chi connectivity index (χ4v) is 7.23. The molecule has 0 N–H and O–H groups in total. The highest BCUT2D eigenvalue weighted by molar-refractivity contribution is 9.10. The zero-order valence-corrected chi connectivity index (χ0v) is 23.8. The van der Waals surface area contributed by atoms with E-state index in [9.17, 15) is 13.2 Å². The van der Waals surface area contributed by atoms with Gasteiger partial charge in [0.15, 0.2) is 0 Å². The molecule has 36 heavy (non-hydrogen) atoms. The molecule has 190 valence electrons. The summed E-state index contributed by atoms with van der Waals surface area (Å²) in [5.41, 5.74) is 1.66. The molecule has 4 rings (SSSR count). The lowest BCUT2D eigenvalue weighted by molar-refractivity contribution is 0.0754. The minimum Gasteiger partial charge on any atom is -0.330 e. The molecule has 1 fully saturated rings. The fourth-order valence-electron chi connectivity index (χ4n) is 4.57. The highest BCUT2D eigenvalue weighted by Crippen LogP contribution is 2.36. The number of halogens is 3. The highest BCUT2D eigenvalue weighted by atomic mass is 79.9. The molecule has 1 aromatic heterocycles. The number of benzene rings is 2. The van der Waals surface area contributed by atoms with Gasteiger partial charge in [-0.2, -0.15) is 4.31 Å². The molecule has 6 nitrogen and oxygen atoms in total. The Morgan fingerprint density at radius 3 is 2.61 bits per heavy atom. The third-order valence-corrected chi connectivity index (χ3v) is 9.75. The quantitative estimate of drug-likeness (QED) is 0.316. The third-order valence-electron chi connectivity index (χ3n) is 6.48. The Hall–Kier alpha value is -1.97. The van der Waals surface area contributed by atoms with E-state index in [0.717, 1.165) is 24.8 Å². The van der Waals surface area contributed by atoms with Crippen LogP contribution in [0.2, 0.25) is 10.0 Å². The Kier molecular flexibility index (Phi) is 8.42. The molecule has 2 atom stereocenters. The van der Waals surface area contributed by atoms with Gasteiger partial charge in [-0.3, -0.25) is 9.78 Å². The van der Waals surface area contributed by atoms with Gasteiger partial charge in [-0.05, 0) is 83.2 Å². The van der Waals surface area contributed by atoms with Crippen LogP contribution in [0.1, 0.15) is 53.7 Å². The molecule has 0 saturated carbocycles. The summed E-state index contributed by atoms with van der Waals surface area (Å²) in [7, 11) is -2.09. The van der Waals surface area contributed by atoms with Crippen LogP contribution in [0.5, 0.6) is 0 Å². The van der Waals surface area contributed by atoms with Crippen molar-refractivity contribution in [3.63, 3.8) is 0 Å². The maximum absolute atomic E-state index is 13.8. The first-order valence-corrected chi connectivity index (χ1v) is 14.5. The van der Waals surface area contributed by atoms with Crippen molar-refractivity contribution in [1.82, 2.24) is 14.2 Å². The van der Waals surface area contributed by atoms with Crippen LogP contribution in [-0.4, -0.2) is 48.1 Å². The molecular formula is C26H26BrCl2N3O3S. The lowest BCUT2D eigenvalue weighted by Gasteiger charge is -2.32. The summed E-state index contributed by atoms with van der Waals surface area (Å²) in [6.07, 6.45) is 5.97. The number of sulfonamides is 1. The zero-order valence-electron chi connectivity index (χ0n) is 19.9. The van der Waals surface area contributed by atoms with Gasteiger partial charge >= 0.3 is 0 Å². The molecular weight excluding hydrogens is 585 g/mol. The maximum Gasteiger partial charge on any atom is 0.255 e. The van der Waals surface area contributed by atoms with Crippen LogP contribution in [0.4, 0.5) is 0 Å². The van der Waals surface area contributed by atoms with Crippen molar-refractivity contribution in [3.05, 3.63) is 92.1 Å². The van der Waals surface area contributed by atoms with Crippen LogP contribution in [-0.2, 0) is 10.0 Å². The molecule has 10 heteroatoms. The van der Waals surface area contributed by atoms with Crippen molar-refractivity contribution >= 4 is 55.1 Å². The molecule has 0 bridgehead atoms. The first-order valence-electron chi connectivity index (χ1n) is 11.5. The van der Waals surface area contributed by atoms with Crippen molar-refractivity contribution in [1.29, 1.82) is 0 Å². The van der Waals surface area contributed by atoms with Crippen molar-refractivity contribution in [2.75, 3.05) is 13.6 Å². The first-order chi connectivity index (χ1) is 17.1. The summed E-state index contributed by atoms with van der Waals surface area (Å²) >= 11 is 16.1. The van der Waals surface area contributed by atoms with Crippen LogP contribution in [0, 0.1) is 0 Å². The van der Waals surface area contributed by atoms with E-state index in [1.165, 1.54) is 21.3 Å². The second kappa shape index (κ2) is 11.2. The van der Waals surface area contributed by atoms with Crippen LogP contribution >= 0.6 is 39.1 Å². The minimum atomic E-state index is -3.75. The van der Waals surface area contributed by atoms with Gasteiger partial charge in [0.1, 0.15) is 0 Å². The standard InChI is InChI=1S/C26H26BrCl2N3O3S/c1-17-6-3-4-13-32(17)36(34,35)20-9-11-23(27)22(15-20)26(33)31(2)25(18-7-5-12-30-16-18)21-10-8-19(28)14-24(21)29/h5,7-12,14-17,25H,3-4,6,13H2,1-2H3. The molecule has 1 amide bonds. The van der Waals surface area contributed by atoms with E-state index in [4.69, 9.17) is 23.2 Å². The predicted molar refractivity (Wildman–Crippen MR) is 146 cm³/mol. The van der Waals surface area contributed by atoms with Gasteiger partial charge in [-0.15, -0.1) is 0 Å². The average Bonchev–Trinajstić information content (AvgIpc) is 2.86. The van der Waals surface area contributed by atoms with Crippen molar-refractivity contribution in [2.45, 2.75) is 43.2 Å². The number of piperidine rings is 1. The Balaban J connectivity index is 1.75. The van der Waals surface area contributed by atoms with E-state index < -0.39 is 16.1 Å². The van der Waals surface area contributed by atoms with Gasteiger partial charge in [0, 0.05) is 46.5 Å². The molecule has 0 spiro atoms. The number of rotatable bonds is 6. The first kappa shape index (κ1) is 27.1. The summed E-state index contributed by atoms with van der Waals surface area (Å²) in [5, 5.41) is 0.890. The normalized spacial score (nSPS) is 17.5. The van der Waals surface area contributed by atoms with Crippen LogP contribution in [0.15, 0.2) is 70.3 Å². The Bertz CT molecular complexity index is 1370.